The third-order valence-electron chi connectivity index (χ3n) is 2.29. The topological polar surface area (TPSA) is 35.2 Å². The maximum Gasteiger partial charge on any atom is 0.131 e. The minimum Gasteiger partial charge on any atom is -0.493 e. The van der Waals surface area contributed by atoms with Gasteiger partial charge in [0, 0.05) is 12.1 Å². The Kier molecular flexibility index (Phi) is 5.12. The Morgan fingerprint density at radius 3 is 2.80 bits per heavy atom. The average Bonchev–Trinajstić information content (AvgIpc) is 2.24. The Bertz CT molecular complexity index is 302. The van der Waals surface area contributed by atoms with E-state index >= 15 is 0 Å². The van der Waals surface area contributed by atoms with E-state index < -0.39 is 0 Å². The first kappa shape index (κ1) is 12.0. The van der Waals surface area contributed by atoms with Gasteiger partial charge in [-0.25, -0.2) is 4.39 Å². The van der Waals surface area contributed by atoms with Crippen molar-refractivity contribution in [3.05, 3.63) is 29.6 Å². The van der Waals surface area contributed by atoms with Crippen LogP contribution in [0.1, 0.15) is 31.7 Å². The van der Waals surface area contributed by atoms with Crippen LogP contribution in [-0.2, 0) is 6.54 Å². The molecule has 0 bridgehead atoms. The molecule has 1 rings (SSSR count). The molecule has 0 aromatic heterocycles. The van der Waals surface area contributed by atoms with Crippen LogP contribution >= 0.6 is 0 Å². The number of ether oxygens (including phenoxy) is 1. The smallest absolute Gasteiger partial charge is 0.131 e. The van der Waals surface area contributed by atoms with E-state index in [4.69, 9.17) is 10.5 Å². The normalized spacial score (nSPS) is 10.3. The summed E-state index contributed by atoms with van der Waals surface area (Å²) in [6.45, 7) is 2.94. The van der Waals surface area contributed by atoms with Crippen molar-refractivity contribution in [3.63, 3.8) is 0 Å². The number of nitrogens with two attached hydrogens (primary N) is 1. The summed E-state index contributed by atoms with van der Waals surface area (Å²) in [5.41, 5.74) is 5.93. The van der Waals surface area contributed by atoms with E-state index in [1.165, 1.54) is 6.07 Å². The van der Waals surface area contributed by atoms with Gasteiger partial charge < -0.3 is 10.5 Å². The third-order valence-corrected chi connectivity index (χ3v) is 2.29. The summed E-state index contributed by atoms with van der Waals surface area (Å²) in [6, 6.07) is 4.81. The second-order valence-corrected chi connectivity index (χ2v) is 3.48. The number of hydrogen-bond acceptors (Lipinski definition) is 2. The highest BCUT2D eigenvalue weighted by Crippen LogP contribution is 2.21. The van der Waals surface area contributed by atoms with E-state index in [0.29, 0.717) is 17.9 Å². The van der Waals surface area contributed by atoms with Gasteiger partial charge in [0.1, 0.15) is 11.6 Å². The lowest BCUT2D eigenvalue weighted by Gasteiger charge is -2.10. The van der Waals surface area contributed by atoms with Crippen LogP contribution in [0, 0.1) is 5.82 Å². The van der Waals surface area contributed by atoms with Crippen LogP contribution in [0.5, 0.6) is 5.75 Å². The zero-order valence-electron chi connectivity index (χ0n) is 9.13. The lowest BCUT2D eigenvalue weighted by Crippen LogP contribution is -2.05. The van der Waals surface area contributed by atoms with Crippen molar-refractivity contribution >= 4 is 0 Å². The predicted octanol–water partition coefficient (Wildman–Crippen LogP) is 2.85. The van der Waals surface area contributed by atoms with Crippen LogP contribution in [0.15, 0.2) is 18.2 Å². The molecule has 0 saturated carbocycles. The highest BCUT2D eigenvalue weighted by molar-refractivity contribution is 5.34. The lowest BCUT2D eigenvalue weighted by atomic mass is 10.2. The highest BCUT2D eigenvalue weighted by Gasteiger charge is 2.06. The van der Waals surface area contributed by atoms with Crippen LogP contribution in [-0.4, -0.2) is 6.61 Å². The van der Waals surface area contributed by atoms with Crippen molar-refractivity contribution < 1.29 is 9.13 Å². The summed E-state index contributed by atoms with van der Waals surface area (Å²) in [4.78, 5) is 0. The van der Waals surface area contributed by atoms with Gasteiger partial charge in [0.25, 0.3) is 0 Å². The Morgan fingerprint density at radius 2 is 2.13 bits per heavy atom. The molecule has 0 aliphatic carbocycles. The summed E-state index contributed by atoms with van der Waals surface area (Å²) in [7, 11) is 0. The molecular weight excluding hydrogens is 193 g/mol. The second kappa shape index (κ2) is 6.40. The largest absolute Gasteiger partial charge is 0.493 e. The molecule has 2 N–H and O–H groups in total. The first-order valence-electron chi connectivity index (χ1n) is 5.39. The molecule has 0 spiro atoms. The van der Waals surface area contributed by atoms with Gasteiger partial charge in [-0.1, -0.05) is 25.8 Å². The van der Waals surface area contributed by atoms with E-state index in [-0.39, 0.29) is 12.4 Å². The molecule has 0 radical (unpaired) electrons. The van der Waals surface area contributed by atoms with E-state index in [9.17, 15) is 4.39 Å². The van der Waals surface area contributed by atoms with Crippen molar-refractivity contribution in [3.8, 4) is 5.75 Å². The number of benzene rings is 1. The van der Waals surface area contributed by atoms with Crippen molar-refractivity contribution in [2.45, 2.75) is 32.7 Å². The standard InChI is InChI=1S/C12H18FNO/c1-2-3-4-8-15-12-7-5-6-11(13)10(12)9-14/h5-7H,2-4,8-9,14H2,1H3. The van der Waals surface area contributed by atoms with Gasteiger partial charge in [-0.2, -0.15) is 0 Å². The Labute approximate surface area is 90.2 Å². The summed E-state index contributed by atoms with van der Waals surface area (Å²) in [5, 5.41) is 0. The first-order chi connectivity index (χ1) is 7.29. The number of hydrogen-bond donors (Lipinski definition) is 1. The molecule has 0 heterocycles. The molecule has 2 nitrogen and oxygen atoms in total. The van der Waals surface area contributed by atoms with Crippen molar-refractivity contribution in [1.29, 1.82) is 0 Å². The second-order valence-electron chi connectivity index (χ2n) is 3.48. The number of unbranched alkanes of at least 4 members (excludes halogenated alkanes) is 2. The summed E-state index contributed by atoms with van der Waals surface area (Å²) in [5.74, 6) is 0.291. The van der Waals surface area contributed by atoms with Crippen LogP contribution in [0.25, 0.3) is 0 Å². The fourth-order valence-corrected chi connectivity index (χ4v) is 1.41. The summed E-state index contributed by atoms with van der Waals surface area (Å²) < 4.78 is 18.8. The Balaban J connectivity index is 2.56. The molecule has 1 aromatic carbocycles. The van der Waals surface area contributed by atoms with Gasteiger partial charge in [0.05, 0.1) is 6.61 Å². The predicted molar refractivity (Wildman–Crippen MR) is 59.3 cm³/mol. The minimum absolute atomic E-state index is 0.176. The summed E-state index contributed by atoms with van der Waals surface area (Å²) >= 11 is 0. The van der Waals surface area contributed by atoms with E-state index in [0.717, 1.165) is 19.3 Å². The van der Waals surface area contributed by atoms with Crippen LogP contribution in [0.4, 0.5) is 4.39 Å². The van der Waals surface area contributed by atoms with Gasteiger partial charge in [0.15, 0.2) is 0 Å². The third kappa shape index (κ3) is 3.51. The molecule has 0 aliphatic rings. The molecule has 15 heavy (non-hydrogen) atoms. The summed E-state index contributed by atoms with van der Waals surface area (Å²) in [6.07, 6.45) is 3.28. The van der Waals surface area contributed by atoms with Crippen molar-refractivity contribution in [2.24, 2.45) is 5.73 Å². The lowest BCUT2D eigenvalue weighted by molar-refractivity contribution is 0.301. The van der Waals surface area contributed by atoms with Gasteiger partial charge in [-0.15, -0.1) is 0 Å². The maximum absolute atomic E-state index is 13.3. The SMILES string of the molecule is CCCCCOc1cccc(F)c1CN. The zero-order chi connectivity index (χ0) is 11.1. The highest BCUT2D eigenvalue weighted by atomic mass is 19.1. The van der Waals surface area contributed by atoms with Gasteiger partial charge in [-0.3, -0.25) is 0 Å². The van der Waals surface area contributed by atoms with Gasteiger partial charge >= 0.3 is 0 Å². The molecule has 0 aliphatic heterocycles. The molecule has 0 amide bonds. The minimum atomic E-state index is -0.287. The monoisotopic (exact) mass is 211 g/mol. The molecule has 0 saturated heterocycles. The molecule has 84 valence electrons. The number of rotatable bonds is 6. The Hall–Kier alpha value is -1.09. The fourth-order valence-electron chi connectivity index (χ4n) is 1.41. The first-order valence-corrected chi connectivity index (χ1v) is 5.39. The van der Waals surface area contributed by atoms with E-state index in [1.54, 1.807) is 12.1 Å². The Morgan fingerprint density at radius 1 is 1.33 bits per heavy atom. The van der Waals surface area contributed by atoms with Crippen LogP contribution in [0.2, 0.25) is 0 Å². The van der Waals surface area contributed by atoms with E-state index in [2.05, 4.69) is 6.92 Å². The molecular formula is C12H18FNO. The molecule has 0 atom stereocenters. The molecule has 1 aromatic rings. The van der Waals surface area contributed by atoms with Crippen LogP contribution < -0.4 is 10.5 Å². The zero-order valence-corrected chi connectivity index (χ0v) is 9.13. The van der Waals surface area contributed by atoms with Gasteiger partial charge in [0.2, 0.25) is 0 Å². The number of halogens is 1. The quantitative estimate of drug-likeness (QED) is 0.734. The van der Waals surface area contributed by atoms with E-state index in [1.807, 2.05) is 0 Å². The fraction of sp³-hybridized carbons (Fsp3) is 0.500. The van der Waals surface area contributed by atoms with Crippen molar-refractivity contribution in [1.82, 2.24) is 0 Å². The van der Waals surface area contributed by atoms with Crippen molar-refractivity contribution in [2.75, 3.05) is 6.61 Å². The maximum atomic E-state index is 13.3. The molecule has 0 fully saturated rings. The average molecular weight is 211 g/mol. The van der Waals surface area contributed by atoms with Crippen LogP contribution in [0.3, 0.4) is 0 Å². The molecule has 0 unspecified atom stereocenters. The van der Waals surface area contributed by atoms with Gasteiger partial charge in [-0.05, 0) is 18.6 Å². The molecule has 3 heteroatoms.